The molecule has 20 heavy (non-hydrogen) atoms. The average molecular weight is 311 g/mol. The molecule has 1 N–H and O–H groups in total. The molecule has 2 aromatic rings. The second kappa shape index (κ2) is 6.64. The maximum absolute atomic E-state index is 11.4. The molecule has 0 spiro atoms. The summed E-state index contributed by atoms with van der Waals surface area (Å²) in [6, 6.07) is 13.7. The Kier molecular flexibility index (Phi) is 4.88. The zero-order valence-corrected chi connectivity index (χ0v) is 11.9. The highest BCUT2D eigenvalue weighted by Crippen LogP contribution is 2.28. The minimum atomic E-state index is -0.995. The number of carbonyl (C=O) groups is 1. The number of para-hydroxylation sites is 1. The lowest BCUT2D eigenvalue weighted by Gasteiger charge is -2.16. The quantitative estimate of drug-likeness (QED) is 0.898. The lowest BCUT2D eigenvalue weighted by molar-refractivity contribution is -0.139. The molecule has 5 heteroatoms. The highest BCUT2D eigenvalue weighted by molar-refractivity contribution is 6.32. The number of carboxylic acids is 1. The third-order valence-corrected chi connectivity index (χ3v) is 3.48. The molecule has 0 amide bonds. The van der Waals surface area contributed by atoms with E-state index in [-0.39, 0.29) is 6.61 Å². The predicted molar refractivity (Wildman–Crippen MR) is 78.8 cm³/mol. The number of hydrogen-bond acceptors (Lipinski definition) is 2. The van der Waals surface area contributed by atoms with Crippen molar-refractivity contribution in [1.82, 2.24) is 0 Å². The Morgan fingerprint density at radius 1 is 1.05 bits per heavy atom. The van der Waals surface area contributed by atoms with Crippen molar-refractivity contribution in [2.75, 3.05) is 6.61 Å². The van der Waals surface area contributed by atoms with Gasteiger partial charge in [0.25, 0.3) is 0 Å². The highest BCUT2D eigenvalue weighted by Gasteiger charge is 2.23. The van der Waals surface area contributed by atoms with Gasteiger partial charge in [0.15, 0.2) is 0 Å². The van der Waals surface area contributed by atoms with Crippen LogP contribution in [0.25, 0.3) is 0 Å². The van der Waals surface area contributed by atoms with Crippen molar-refractivity contribution in [3.63, 3.8) is 0 Å². The van der Waals surface area contributed by atoms with E-state index < -0.39 is 11.9 Å². The van der Waals surface area contributed by atoms with Crippen LogP contribution < -0.4 is 4.74 Å². The SMILES string of the molecule is O=C(O)C(COc1ccccc1Cl)c1ccccc1Cl. The fourth-order valence-electron chi connectivity index (χ4n) is 1.79. The van der Waals surface area contributed by atoms with E-state index in [1.807, 2.05) is 0 Å². The molecular weight excluding hydrogens is 299 g/mol. The molecular formula is C15H12Cl2O3. The van der Waals surface area contributed by atoms with Gasteiger partial charge in [0.2, 0.25) is 0 Å². The van der Waals surface area contributed by atoms with Crippen molar-refractivity contribution in [1.29, 1.82) is 0 Å². The van der Waals surface area contributed by atoms with Gasteiger partial charge in [-0.1, -0.05) is 53.5 Å². The average Bonchev–Trinajstić information content (AvgIpc) is 2.42. The Morgan fingerprint density at radius 3 is 2.25 bits per heavy atom. The first-order valence-corrected chi connectivity index (χ1v) is 6.69. The topological polar surface area (TPSA) is 46.5 Å². The molecule has 1 unspecified atom stereocenters. The summed E-state index contributed by atoms with van der Waals surface area (Å²) in [5.74, 6) is -1.39. The smallest absolute Gasteiger partial charge is 0.314 e. The zero-order valence-electron chi connectivity index (χ0n) is 10.4. The van der Waals surface area contributed by atoms with Crippen LogP contribution in [0.1, 0.15) is 11.5 Å². The van der Waals surface area contributed by atoms with Crippen LogP contribution in [0.5, 0.6) is 5.75 Å². The first-order valence-electron chi connectivity index (χ1n) is 5.94. The van der Waals surface area contributed by atoms with Gasteiger partial charge in [-0.15, -0.1) is 0 Å². The van der Waals surface area contributed by atoms with E-state index in [1.54, 1.807) is 48.5 Å². The predicted octanol–water partition coefficient (Wildman–Crippen LogP) is 4.24. The first-order chi connectivity index (χ1) is 9.59. The number of halogens is 2. The van der Waals surface area contributed by atoms with Gasteiger partial charge in [0, 0.05) is 5.02 Å². The summed E-state index contributed by atoms with van der Waals surface area (Å²) >= 11 is 12.0. The second-order valence-corrected chi connectivity index (χ2v) is 4.97. The molecule has 0 radical (unpaired) electrons. The van der Waals surface area contributed by atoms with Crippen LogP contribution in [0.2, 0.25) is 10.0 Å². The van der Waals surface area contributed by atoms with Gasteiger partial charge < -0.3 is 9.84 Å². The maximum atomic E-state index is 11.4. The van der Waals surface area contributed by atoms with Crippen molar-refractivity contribution in [2.24, 2.45) is 0 Å². The zero-order chi connectivity index (χ0) is 14.5. The summed E-state index contributed by atoms with van der Waals surface area (Å²) in [6.07, 6.45) is 0. The Labute approximate surface area is 126 Å². The summed E-state index contributed by atoms with van der Waals surface area (Å²) in [7, 11) is 0. The lowest BCUT2D eigenvalue weighted by atomic mass is 10.0. The number of carboxylic acid groups (broad SMARTS) is 1. The minimum Gasteiger partial charge on any atom is -0.491 e. The van der Waals surface area contributed by atoms with E-state index in [4.69, 9.17) is 27.9 Å². The van der Waals surface area contributed by atoms with E-state index >= 15 is 0 Å². The van der Waals surface area contributed by atoms with Crippen LogP contribution in [-0.2, 0) is 4.79 Å². The van der Waals surface area contributed by atoms with Gasteiger partial charge in [0.05, 0.1) is 5.02 Å². The largest absolute Gasteiger partial charge is 0.491 e. The summed E-state index contributed by atoms with van der Waals surface area (Å²) < 4.78 is 5.50. The third kappa shape index (κ3) is 3.44. The van der Waals surface area contributed by atoms with Crippen molar-refractivity contribution < 1.29 is 14.6 Å². The van der Waals surface area contributed by atoms with Gasteiger partial charge in [-0.25, -0.2) is 0 Å². The fraction of sp³-hybridized carbons (Fsp3) is 0.133. The molecule has 104 valence electrons. The number of benzene rings is 2. The van der Waals surface area contributed by atoms with Gasteiger partial charge in [-0.2, -0.15) is 0 Å². The summed E-state index contributed by atoms with van der Waals surface area (Å²) in [6.45, 7) is -0.0389. The molecule has 0 saturated heterocycles. The van der Waals surface area contributed by atoms with Crippen molar-refractivity contribution in [3.05, 3.63) is 64.1 Å². The van der Waals surface area contributed by atoms with E-state index in [9.17, 15) is 9.90 Å². The van der Waals surface area contributed by atoms with E-state index in [0.717, 1.165) is 0 Å². The van der Waals surface area contributed by atoms with Crippen molar-refractivity contribution >= 4 is 29.2 Å². The van der Waals surface area contributed by atoms with Crippen molar-refractivity contribution in [2.45, 2.75) is 5.92 Å². The lowest BCUT2D eigenvalue weighted by Crippen LogP contribution is -2.20. The van der Waals surface area contributed by atoms with E-state index in [2.05, 4.69) is 0 Å². The van der Waals surface area contributed by atoms with Gasteiger partial charge in [-0.3, -0.25) is 4.79 Å². The molecule has 0 aromatic heterocycles. The monoisotopic (exact) mass is 310 g/mol. The Hall–Kier alpha value is -1.71. The molecule has 0 fully saturated rings. The molecule has 0 aliphatic heterocycles. The summed E-state index contributed by atoms with van der Waals surface area (Å²) in [5, 5.41) is 10.2. The van der Waals surface area contributed by atoms with Gasteiger partial charge >= 0.3 is 5.97 Å². The maximum Gasteiger partial charge on any atom is 0.314 e. The molecule has 0 aliphatic rings. The molecule has 0 heterocycles. The Bertz CT molecular complexity index is 614. The molecule has 0 saturated carbocycles. The normalized spacial score (nSPS) is 11.9. The van der Waals surface area contributed by atoms with Crippen LogP contribution in [0.4, 0.5) is 0 Å². The van der Waals surface area contributed by atoms with Crippen LogP contribution in [0.3, 0.4) is 0 Å². The fourth-order valence-corrected chi connectivity index (χ4v) is 2.24. The number of hydrogen-bond donors (Lipinski definition) is 1. The minimum absolute atomic E-state index is 0.0389. The molecule has 3 nitrogen and oxygen atoms in total. The standard InChI is InChI=1S/C15H12Cl2O3/c16-12-6-2-1-5-10(12)11(15(18)19)9-20-14-8-4-3-7-13(14)17/h1-8,11H,9H2,(H,18,19). The number of ether oxygens (including phenoxy) is 1. The van der Waals surface area contributed by atoms with E-state index in [1.165, 1.54) is 0 Å². The second-order valence-electron chi connectivity index (χ2n) is 4.15. The molecule has 0 aliphatic carbocycles. The molecule has 2 aromatic carbocycles. The number of rotatable bonds is 5. The molecule has 0 bridgehead atoms. The Morgan fingerprint density at radius 2 is 1.65 bits per heavy atom. The highest BCUT2D eigenvalue weighted by atomic mass is 35.5. The molecule has 1 atom stereocenters. The van der Waals surface area contributed by atoms with Crippen LogP contribution in [-0.4, -0.2) is 17.7 Å². The number of aliphatic carboxylic acids is 1. The molecule has 2 rings (SSSR count). The van der Waals surface area contributed by atoms with Crippen LogP contribution >= 0.6 is 23.2 Å². The van der Waals surface area contributed by atoms with Crippen LogP contribution in [0, 0.1) is 0 Å². The summed E-state index contributed by atoms with van der Waals surface area (Å²) in [5.41, 5.74) is 0.522. The summed E-state index contributed by atoms with van der Waals surface area (Å²) in [4.78, 5) is 11.4. The Balaban J connectivity index is 2.18. The van der Waals surface area contributed by atoms with Crippen LogP contribution in [0.15, 0.2) is 48.5 Å². The third-order valence-electron chi connectivity index (χ3n) is 2.82. The van der Waals surface area contributed by atoms with Gasteiger partial charge in [0.1, 0.15) is 18.3 Å². The van der Waals surface area contributed by atoms with Crippen molar-refractivity contribution in [3.8, 4) is 5.75 Å². The van der Waals surface area contributed by atoms with Gasteiger partial charge in [-0.05, 0) is 23.8 Å². The first kappa shape index (κ1) is 14.7. The van der Waals surface area contributed by atoms with E-state index in [0.29, 0.717) is 21.4 Å².